The highest BCUT2D eigenvalue weighted by molar-refractivity contribution is 7.89. The van der Waals surface area contributed by atoms with Crippen molar-refractivity contribution in [3.05, 3.63) is 83.9 Å². The van der Waals surface area contributed by atoms with Gasteiger partial charge in [0.2, 0.25) is 10.0 Å². The molecule has 1 aliphatic rings. The summed E-state index contributed by atoms with van der Waals surface area (Å²) in [6.07, 6.45) is 0. The van der Waals surface area contributed by atoms with Crippen LogP contribution in [0.25, 0.3) is 11.1 Å². The third-order valence-corrected chi connectivity index (χ3v) is 5.94. The summed E-state index contributed by atoms with van der Waals surface area (Å²) < 4.78 is 33.9. The highest BCUT2D eigenvalue weighted by Crippen LogP contribution is 2.39. The highest BCUT2D eigenvalue weighted by Gasteiger charge is 2.31. The largest absolute Gasteiger partial charge is 0.497 e. The van der Waals surface area contributed by atoms with Crippen LogP contribution in [0, 0.1) is 0 Å². The normalized spacial score (nSPS) is 17.9. The van der Waals surface area contributed by atoms with Crippen LogP contribution < -0.4 is 9.46 Å². The van der Waals surface area contributed by atoms with E-state index in [9.17, 15) is 8.42 Å². The third kappa shape index (κ3) is 2.71. The van der Waals surface area contributed by atoms with Crippen LogP contribution in [0.15, 0.2) is 77.7 Å². The van der Waals surface area contributed by atoms with Crippen LogP contribution >= 0.6 is 0 Å². The van der Waals surface area contributed by atoms with Crippen molar-refractivity contribution in [1.29, 1.82) is 0 Å². The molecule has 0 saturated carbocycles. The molecule has 1 aliphatic heterocycles. The third-order valence-electron chi connectivity index (χ3n) is 4.46. The zero-order valence-corrected chi connectivity index (χ0v) is 14.5. The Morgan fingerprint density at radius 2 is 1.48 bits per heavy atom. The van der Waals surface area contributed by atoms with Gasteiger partial charge in [0.05, 0.1) is 18.0 Å². The minimum absolute atomic E-state index is 0.304. The van der Waals surface area contributed by atoms with E-state index in [1.165, 1.54) is 0 Å². The second-order valence-electron chi connectivity index (χ2n) is 5.91. The van der Waals surface area contributed by atoms with Crippen molar-refractivity contribution in [2.24, 2.45) is 0 Å². The second kappa shape index (κ2) is 6.02. The fourth-order valence-electron chi connectivity index (χ4n) is 3.24. The topological polar surface area (TPSA) is 55.4 Å². The first-order valence-corrected chi connectivity index (χ1v) is 9.43. The lowest BCUT2D eigenvalue weighted by Gasteiger charge is -2.19. The van der Waals surface area contributed by atoms with Crippen molar-refractivity contribution in [1.82, 2.24) is 4.72 Å². The average Bonchev–Trinajstić information content (AvgIpc) is 2.76. The summed E-state index contributed by atoms with van der Waals surface area (Å²) in [5.74, 6) is 0.733. The van der Waals surface area contributed by atoms with Crippen molar-refractivity contribution in [2.75, 3.05) is 7.11 Å². The predicted octanol–water partition coefficient (Wildman–Crippen LogP) is 3.74. The molecule has 0 aliphatic carbocycles. The van der Waals surface area contributed by atoms with Crippen molar-refractivity contribution >= 4 is 10.0 Å². The standard InChI is InChI=1S/C20H17NO3S/c1-24-15-12-10-14(11-13-15)20-18-8-3-2-6-16(18)17-7-4-5-9-19(17)25(22,23)21-20/h2-13,20-21H,1H3. The Balaban J connectivity index is 1.95. The van der Waals surface area contributed by atoms with Crippen molar-refractivity contribution in [3.8, 4) is 16.9 Å². The van der Waals surface area contributed by atoms with Crippen molar-refractivity contribution in [3.63, 3.8) is 0 Å². The summed E-state index contributed by atoms with van der Waals surface area (Å²) in [4.78, 5) is 0.304. The Bertz CT molecular complexity index is 1030. The number of rotatable bonds is 2. The van der Waals surface area contributed by atoms with E-state index in [-0.39, 0.29) is 0 Å². The number of hydrogen-bond acceptors (Lipinski definition) is 3. The lowest BCUT2D eigenvalue weighted by molar-refractivity contribution is 0.414. The number of ether oxygens (including phenoxy) is 1. The van der Waals surface area contributed by atoms with Gasteiger partial charge in [-0.05, 0) is 34.9 Å². The molecule has 25 heavy (non-hydrogen) atoms. The van der Waals surface area contributed by atoms with Crippen LogP contribution in [0.3, 0.4) is 0 Å². The monoisotopic (exact) mass is 351 g/mol. The molecule has 0 bridgehead atoms. The Labute approximate surface area is 147 Å². The van der Waals surface area contributed by atoms with Crippen LogP contribution in [0.1, 0.15) is 17.2 Å². The smallest absolute Gasteiger partial charge is 0.242 e. The molecule has 0 saturated heterocycles. The molecule has 3 aromatic carbocycles. The molecule has 1 N–H and O–H groups in total. The molecule has 1 unspecified atom stereocenters. The van der Waals surface area contributed by atoms with E-state index in [1.54, 1.807) is 19.2 Å². The van der Waals surface area contributed by atoms with E-state index in [0.29, 0.717) is 4.90 Å². The molecule has 0 radical (unpaired) electrons. The number of fused-ring (bicyclic) bond motifs is 3. The molecule has 1 atom stereocenters. The van der Waals surface area contributed by atoms with Gasteiger partial charge in [0.25, 0.3) is 0 Å². The maximum absolute atomic E-state index is 12.9. The molecule has 4 nitrogen and oxygen atoms in total. The molecular formula is C20H17NO3S. The van der Waals surface area contributed by atoms with Gasteiger partial charge in [-0.15, -0.1) is 0 Å². The highest BCUT2D eigenvalue weighted by atomic mass is 32.2. The molecular weight excluding hydrogens is 334 g/mol. The van der Waals surface area contributed by atoms with Crippen molar-refractivity contribution in [2.45, 2.75) is 10.9 Å². The fraction of sp³-hybridized carbons (Fsp3) is 0.100. The van der Waals surface area contributed by atoms with Gasteiger partial charge in [-0.25, -0.2) is 8.42 Å². The van der Waals surface area contributed by atoms with E-state index in [4.69, 9.17) is 4.74 Å². The molecule has 0 amide bonds. The minimum atomic E-state index is -3.64. The number of hydrogen-bond donors (Lipinski definition) is 1. The second-order valence-corrected chi connectivity index (χ2v) is 7.59. The van der Waals surface area contributed by atoms with Gasteiger partial charge < -0.3 is 4.74 Å². The predicted molar refractivity (Wildman–Crippen MR) is 97.0 cm³/mol. The minimum Gasteiger partial charge on any atom is -0.497 e. The zero-order valence-electron chi connectivity index (χ0n) is 13.6. The van der Waals surface area contributed by atoms with Crippen molar-refractivity contribution < 1.29 is 13.2 Å². The first-order chi connectivity index (χ1) is 12.1. The van der Waals surface area contributed by atoms with E-state index in [2.05, 4.69) is 4.72 Å². The molecule has 126 valence electrons. The Hall–Kier alpha value is -2.63. The molecule has 0 fully saturated rings. The lowest BCUT2D eigenvalue weighted by atomic mass is 9.91. The Morgan fingerprint density at radius 3 is 2.20 bits per heavy atom. The molecule has 5 heteroatoms. The summed E-state index contributed by atoms with van der Waals surface area (Å²) in [6, 6.07) is 21.9. The lowest BCUT2D eigenvalue weighted by Crippen LogP contribution is -2.28. The maximum Gasteiger partial charge on any atom is 0.242 e. The molecule has 0 spiro atoms. The van der Waals surface area contributed by atoms with Gasteiger partial charge >= 0.3 is 0 Å². The number of methoxy groups -OCH3 is 1. The zero-order chi connectivity index (χ0) is 17.4. The molecule has 0 aromatic heterocycles. The van der Waals surface area contributed by atoms with E-state index in [0.717, 1.165) is 28.0 Å². The average molecular weight is 351 g/mol. The van der Waals surface area contributed by atoms with E-state index in [1.807, 2.05) is 60.7 Å². The van der Waals surface area contributed by atoms with Gasteiger partial charge in [0, 0.05) is 5.56 Å². The van der Waals surface area contributed by atoms with Crippen LogP contribution in [-0.4, -0.2) is 15.5 Å². The summed E-state index contributed by atoms with van der Waals surface area (Å²) in [5, 5.41) is 0. The Kier molecular flexibility index (Phi) is 3.82. The van der Waals surface area contributed by atoms with Crippen LogP contribution in [0.4, 0.5) is 0 Å². The summed E-state index contributed by atoms with van der Waals surface area (Å²) in [6.45, 7) is 0. The molecule has 3 aromatic rings. The van der Waals surface area contributed by atoms with Crippen LogP contribution in [-0.2, 0) is 10.0 Å². The summed E-state index contributed by atoms with van der Waals surface area (Å²) >= 11 is 0. The molecule has 1 heterocycles. The SMILES string of the molecule is COc1ccc(C2NS(=O)(=O)c3ccccc3-c3ccccc32)cc1. The van der Waals surface area contributed by atoms with Crippen LogP contribution in [0.2, 0.25) is 0 Å². The molecule has 4 rings (SSSR count). The van der Waals surface area contributed by atoms with Gasteiger partial charge in [-0.2, -0.15) is 4.72 Å². The van der Waals surface area contributed by atoms with E-state index >= 15 is 0 Å². The summed E-state index contributed by atoms with van der Waals surface area (Å²) in [7, 11) is -2.03. The van der Waals surface area contributed by atoms with Gasteiger partial charge in [0.1, 0.15) is 5.75 Å². The number of nitrogens with one attached hydrogen (secondary N) is 1. The van der Waals surface area contributed by atoms with E-state index < -0.39 is 16.1 Å². The number of sulfonamides is 1. The van der Waals surface area contributed by atoms with Gasteiger partial charge in [0.15, 0.2) is 0 Å². The maximum atomic E-state index is 12.9. The van der Waals surface area contributed by atoms with Gasteiger partial charge in [-0.3, -0.25) is 0 Å². The quantitative estimate of drug-likeness (QED) is 0.765. The Morgan fingerprint density at radius 1 is 0.840 bits per heavy atom. The van der Waals surface area contributed by atoms with Crippen LogP contribution in [0.5, 0.6) is 5.75 Å². The number of benzene rings is 3. The first-order valence-electron chi connectivity index (χ1n) is 7.95. The summed E-state index contributed by atoms with van der Waals surface area (Å²) in [5.41, 5.74) is 3.44. The first kappa shape index (κ1) is 15.9. The van der Waals surface area contributed by atoms with Gasteiger partial charge in [-0.1, -0.05) is 54.6 Å². The fourth-order valence-corrected chi connectivity index (χ4v) is 4.67.